The lowest BCUT2D eigenvalue weighted by Crippen LogP contribution is -2.18. The second-order valence-corrected chi connectivity index (χ2v) is 2.48. The third-order valence-corrected chi connectivity index (χ3v) is 1.69. The Balaban J connectivity index is 3.25. The van der Waals surface area contributed by atoms with Crippen LogP contribution in [-0.2, 0) is 4.84 Å². The molecule has 0 aliphatic heterocycles. The van der Waals surface area contributed by atoms with Gasteiger partial charge in [0.1, 0.15) is 5.69 Å². The molecule has 0 fully saturated rings. The summed E-state index contributed by atoms with van der Waals surface area (Å²) in [5.74, 6) is -1.96. The molecule has 0 radical (unpaired) electrons. The molecule has 72 valence electrons. The molecule has 0 aromatic heterocycles. The topological polar surface area (TPSA) is 38.5 Å². The number of hydrogen-bond donors (Lipinski definition) is 1. The third kappa shape index (κ3) is 1.70. The molecule has 2 N–H and O–H groups in total. The lowest BCUT2D eigenvalue weighted by atomic mass is 10.2. The van der Waals surface area contributed by atoms with Crippen molar-refractivity contribution in [3.63, 3.8) is 0 Å². The number of anilines is 2. The smallest absolute Gasteiger partial charge is 0.186 e. The summed E-state index contributed by atoms with van der Waals surface area (Å²) in [5, 5.41) is 1.06. The number of nitrogens with zero attached hydrogens (tertiary/aromatic N) is 1. The Morgan fingerprint density at radius 3 is 2.54 bits per heavy atom. The molecule has 0 amide bonds. The van der Waals surface area contributed by atoms with E-state index in [1.807, 2.05) is 0 Å². The van der Waals surface area contributed by atoms with Gasteiger partial charge in [-0.05, 0) is 12.1 Å². The van der Waals surface area contributed by atoms with Crippen LogP contribution in [0.2, 0.25) is 0 Å². The fourth-order valence-corrected chi connectivity index (χ4v) is 0.966. The molecule has 3 nitrogen and oxygen atoms in total. The summed E-state index contributed by atoms with van der Waals surface area (Å²) >= 11 is 0. The van der Waals surface area contributed by atoms with Crippen molar-refractivity contribution in [1.29, 1.82) is 0 Å². The Morgan fingerprint density at radius 1 is 1.38 bits per heavy atom. The van der Waals surface area contributed by atoms with Gasteiger partial charge >= 0.3 is 0 Å². The van der Waals surface area contributed by atoms with Crippen LogP contribution in [0.4, 0.5) is 20.2 Å². The van der Waals surface area contributed by atoms with Gasteiger partial charge in [0, 0.05) is 7.05 Å². The van der Waals surface area contributed by atoms with Gasteiger partial charge in [-0.2, -0.15) is 0 Å². The quantitative estimate of drug-likeness (QED) is 0.565. The van der Waals surface area contributed by atoms with E-state index >= 15 is 0 Å². The largest absolute Gasteiger partial charge is 0.397 e. The SMILES string of the molecule is CON(C)c1c(N)ccc(F)c1F. The molecular weight excluding hydrogens is 178 g/mol. The van der Waals surface area contributed by atoms with Gasteiger partial charge in [0.2, 0.25) is 0 Å². The van der Waals surface area contributed by atoms with Crippen LogP contribution in [0.3, 0.4) is 0 Å². The zero-order chi connectivity index (χ0) is 10.0. The number of nitrogen functional groups attached to an aromatic ring is 1. The van der Waals surface area contributed by atoms with Crippen LogP contribution in [0, 0.1) is 11.6 Å². The second kappa shape index (κ2) is 3.57. The van der Waals surface area contributed by atoms with Crippen molar-refractivity contribution in [3.8, 4) is 0 Å². The first-order chi connectivity index (χ1) is 6.07. The molecule has 13 heavy (non-hydrogen) atoms. The summed E-state index contributed by atoms with van der Waals surface area (Å²) in [6, 6.07) is 2.25. The van der Waals surface area contributed by atoms with Gasteiger partial charge in [0.15, 0.2) is 11.6 Å². The van der Waals surface area contributed by atoms with E-state index in [1.54, 1.807) is 0 Å². The second-order valence-electron chi connectivity index (χ2n) is 2.48. The van der Waals surface area contributed by atoms with Crippen LogP contribution in [0.15, 0.2) is 12.1 Å². The maximum atomic E-state index is 13.1. The van der Waals surface area contributed by atoms with Crippen LogP contribution in [0.1, 0.15) is 0 Å². The standard InChI is InChI=1S/C8H10F2N2O/c1-12(13-2)8-6(11)4-3-5(9)7(8)10/h3-4H,11H2,1-2H3. The van der Waals surface area contributed by atoms with E-state index in [0.29, 0.717) is 0 Å². The van der Waals surface area contributed by atoms with Gasteiger partial charge in [-0.1, -0.05) is 0 Å². The summed E-state index contributed by atoms with van der Waals surface area (Å²) in [7, 11) is 2.78. The van der Waals surface area contributed by atoms with Crippen molar-refractivity contribution in [2.75, 3.05) is 25.0 Å². The minimum atomic E-state index is -1.01. The molecule has 0 spiro atoms. The monoisotopic (exact) mass is 188 g/mol. The molecule has 1 rings (SSSR count). The molecule has 0 aliphatic rings. The summed E-state index contributed by atoms with van der Waals surface area (Å²) in [6.45, 7) is 0. The van der Waals surface area contributed by atoms with Gasteiger partial charge in [-0.15, -0.1) is 0 Å². The van der Waals surface area contributed by atoms with E-state index in [2.05, 4.69) is 0 Å². The first-order valence-corrected chi connectivity index (χ1v) is 3.59. The van der Waals surface area contributed by atoms with Crippen molar-refractivity contribution >= 4 is 11.4 Å². The molecule has 0 heterocycles. The molecule has 0 saturated heterocycles. The van der Waals surface area contributed by atoms with E-state index < -0.39 is 11.6 Å². The van der Waals surface area contributed by atoms with Crippen molar-refractivity contribution < 1.29 is 13.6 Å². The predicted octanol–water partition coefficient (Wildman–Crippen LogP) is 1.54. The van der Waals surface area contributed by atoms with Gasteiger partial charge < -0.3 is 5.73 Å². The molecule has 0 saturated carbocycles. The highest BCUT2D eigenvalue weighted by Crippen LogP contribution is 2.27. The number of halogens is 2. The average molecular weight is 188 g/mol. The minimum absolute atomic E-state index is 0.0949. The number of rotatable bonds is 2. The lowest BCUT2D eigenvalue weighted by molar-refractivity contribution is 0.182. The molecule has 1 aromatic rings. The van der Waals surface area contributed by atoms with Gasteiger partial charge in [-0.25, -0.2) is 8.78 Å². The Labute approximate surface area is 74.7 Å². The number of nitrogens with two attached hydrogens (primary N) is 1. The fourth-order valence-electron chi connectivity index (χ4n) is 0.966. The predicted molar refractivity (Wildman–Crippen MR) is 46.2 cm³/mol. The minimum Gasteiger partial charge on any atom is -0.397 e. The fraction of sp³-hybridized carbons (Fsp3) is 0.250. The zero-order valence-electron chi connectivity index (χ0n) is 7.34. The summed E-state index contributed by atoms with van der Waals surface area (Å²) in [6.07, 6.45) is 0. The molecular formula is C8H10F2N2O. The Morgan fingerprint density at radius 2 is 2.00 bits per heavy atom. The highest BCUT2D eigenvalue weighted by molar-refractivity contribution is 5.66. The van der Waals surface area contributed by atoms with E-state index in [9.17, 15) is 8.78 Å². The summed E-state index contributed by atoms with van der Waals surface area (Å²) in [4.78, 5) is 4.70. The van der Waals surface area contributed by atoms with E-state index in [1.165, 1.54) is 20.2 Å². The maximum Gasteiger partial charge on any atom is 0.186 e. The van der Waals surface area contributed by atoms with Crippen LogP contribution in [0.25, 0.3) is 0 Å². The molecule has 5 heteroatoms. The zero-order valence-corrected chi connectivity index (χ0v) is 7.34. The Bertz CT molecular complexity index is 317. The summed E-state index contributed by atoms with van der Waals surface area (Å²) in [5.41, 5.74) is 5.47. The van der Waals surface area contributed by atoms with E-state index in [-0.39, 0.29) is 11.4 Å². The molecule has 0 atom stereocenters. The van der Waals surface area contributed by atoms with Gasteiger partial charge in [0.25, 0.3) is 0 Å². The van der Waals surface area contributed by atoms with Crippen molar-refractivity contribution in [3.05, 3.63) is 23.8 Å². The van der Waals surface area contributed by atoms with Crippen LogP contribution in [-0.4, -0.2) is 14.2 Å². The van der Waals surface area contributed by atoms with Crippen molar-refractivity contribution in [2.45, 2.75) is 0 Å². The van der Waals surface area contributed by atoms with Crippen molar-refractivity contribution in [1.82, 2.24) is 0 Å². The van der Waals surface area contributed by atoms with E-state index in [4.69, 9.17) is 10.6 Å². The van der Waals surface area contributed by atoms with Crippen LogP contribution in [0.5, 0.6) is 0 Å². The molecule has 0 aliphatic carbocycles. The highest BCUT2D eigenvalue weighted by Gasteiger charge is 2.15. The Kier molecular flexibility index (Phi) is 2.67. The lowest BCUT2D eigenvalue weighted by Gasteiger charge is -2.18. The van der Waals surface area contributed by atoms with Gasteiger partial charge in [0.05, 0.1) is 12.8 Å². The third-order valence-electron chi connectivity index (χ3n) is 1.69. The number of hydroxylamine groups is 1. The average Bonchev–Trinajstić information content (AvgIpc) is 2.12. The molecule has 0 bridgehead atoms. The van der Waals surface area contributed by atoms with Gasteiger partial charge in [-0.3, -0.25) is 9.90 Å². The normalized spacial score (nSPS) is 10.2. The van der Waals surface area contributed by atoms with E-state index in [0.717, 1.165) is 11.1 Å². The van der Waals surface area contributed by atoms with Crippen LogP contribution >= 0.6 is 0 Å². The first-order valence-electron chi connectivity index (χ1n) is 3.59. The maximum absolute atomic E-state index is 13.1. The van der Waals surface area contributed by atoms with Crippen molar-refractivity contribution in [2.24, 2.45) is 0 Å². The first kappa shape index (κ1) is 9.73. The molecule has 0 unspecified atom stereocenters. The Hall–Kier alpha value is -1.36. The summed E-state index contributed by atoms with van der Waals surface area (Å²) < 4.78 is 25.9. The number of benzene rings is 1. The number of hydrogen-bond acceptors (Lipinski definition) is 3. The van der Waals surface area contributed by atoms with Crippen LogP contribution < -0.4 is 10.8 Å². The molecule has 1 aromatic carbocycles. The highest BCUT2D eigenvalue weighted by atomic mass is 19.2.